The summed E-state index contributed by atoms with van der Waals surface area (Å²) in [4.78, 5) is 0. The molecule has 3 rings (SSSR count). The zero-order valence-electron chi connectivity index (χ0n) is 11.7. The van der Waals surface area contributed by atoms with Gasteiger partial charge in [-0.15, -0.1) is 12.1 Å². The molecule has 0 radical (unpaired) electrons. The Hall–Kier alpha value is -2.17. The Kier molecular flexibility index (Phi) is 3.49. The Morgan fingerprint density at radius 2 is 2.10 bits per heavy atom. The number of aryl methyl sites for hydroxylation is 1. The van der Waals surface area contributed by atoms with Gasteiger partial charge in [-0.05, 0) is 43.2 Å². The van der Waals surface area contributed by atoms with Gasteiger partial charge in [0.15, 0.2) is 0 Å². The third-order valence-corrected chi connectivity index (χ3v) is 3.66. The number of phenolic OH excluding ortho intramolecular Hbond substituents is 1. The number of nitrogens with one attached hydrogen (secondary N) is 2. The van der Waals surface area contributed by atoms with Gasteiger partial charge in [-0.1, -0.05) is 23.7 Å². The Bertz CT molecular complexity index is 715. The highest BCUT2D eigenvalue weighted by molar-refractivity contribution is 6.31. The molecule has 1 heterocycles. The van der Waals surface area contributed by atoms with Crippen LogP contribution in [0.25, 0.3) is 0 Å². The van der Waals surface area contributed by atoms with Gasteiger partial charge in [0.2, 0.25) is 0 Å². The maximum Gasteiger partial charge on any atom is 0.144 e. The van der Waals surface area contributed by atoms with E-state index < -0.39 is 0 Å². The van der Waals surface area contributed by atoms with E-state index in [0.29, 0.717) is 17.1 Å². The van der Waals surface area contributed by atoms with Crippen molar-refractivity contribution < 1.29 is 5.11 Å². The molecule has 0 saturated carbocycles. The Balaban J connectivity index is 2.09. The molecule has 21 heavy (non-hydrogen) atoms. The molecule has 0 amide bonds. The van der Waals surface area contributed by atoms with Crippen LogP contribution in [0, 0.1) is 6.92 Å². The number of rotatable bonds is 3. The molecule has 0 spiro atoms. The Morgan fingerprint density at radius 1 is 1.29 bits per heavy atom. The molecule has 0 bridgehead atoms. The molecule has 0 atom stereocenters. The van der Waals surface area contributed by atoms with Gasteiger partial charge in [-0.3, -0.25) is 5.01 Å². The van der Waals surface area contributed by atoms with Crippen LogP contribution in [0.2, 0.25) is 5.02 Å². The van der Waals surface area contributed by atoms with Crippen molar-refractivity contribution in [1.29, 1.82) is 0 Å². The molecular formula is C16H16ClN3O. The van der Waals surface area contributed by atoms with E-state index in [2.05, 4.69) is 17.5 Å². The van der Waals surface area contributed by atoms with Crippen molar-refractivity contribution in [3.8, 4) is 5.75 Å². The van der Waals surface area contributed by atoms with E-state index >= 15 is 0 Å². The van der Waals surface area contributed by atoms with Gasteiger partial charge in [-0.25, -0.2) is 0 Å². The molecule has 4 nitrogen and oxygen atoms in total. The van der Waals surface area contributed by atoms with Crippen LogP contribution in [0.15, 0.2) is 43.0 Å². The number of allylic oxidation sites excluding steroid dienone is 1. The van der Waals surface area contributed by atoms with E-state index in [-0.39, 0.29) is 5.75 Å². The fourth-order valence-corrected chi connectivity index (χ4v) is 2.66. The van der Waals surface area contributed by atoms with E-state index in [1.165, 1.54) is 0 Å². The van der Waals surface area contributed by atoms with Gasteiger partial charge in [0.05, 0.1) is 11.4 Å². The fourth-order valence-electron chi connectivity index (χ4n) is 2.48. The van der Waals surface area contributed by atoms with Gasteiger partial charge in [0.1, 0.15) is 11.4 Å². The van der Waals surface area contributed by atoms with Crippen LogP contribution in [0.5, 0.6) is 5.75 Å². The number of nitrogens with zero attached hydrogens (tertiary/aromatic N) is 1. The van der Waals surface area contributed by atoms with Crippen LogP contribution in [0.3, 0.4) is 0 Å². The van der Waals surface area contributed by atoms with Crippen molar-refractivity contribution in [3.05, 3.63) is 59.1 Å². The standard InChI is InChI=1S/C16H16ClN3O/c1-3-4-11-7-10(2)8-15(16(11)21)20-14-6-5-12(17)9-13(14)18-19-20/h3,5-9,18-19,21H,1,4H2,2H3. The zero-order valence-corrected chi connectivity index (χ0v) is 12.4. The quantitative estimate of drug-likeness (QED) is 0.748. The van der Waals surface area contributed by atoms with E-state index in [1.807, 2.05) is 37.3 Å². The van der Waals surface area contributed by atoms with Crippen molar-refractivity contribution in [2.75, 3.05) is 10.4 Å². The van der Waals surface area contributed by atoms with Gasteiger partial charge in [0.25, 0.3) is 0 Å². The average molecular weight is 302 g/mol. The number of hydrazine groups is 2. The van der Waals surface area contributed by atoms with Gasteiger partial charge in [0, 0.05) is 10.6 Å². The lowest BCUT2D eigenvalue weighted by Gasteiger charge is -2.21. The van der Waals surface area contributed by atoms with Crippen LogP contribution in [-0.4, -0.2) is 5.11 Å². The molecule has 1 aliphatic rings. The van der Waals surface area contributed by atoms with Crippen LogP contribution >= 0.6 is 11.6 Å². The van der Waals surface area contributed by atoms with E-state index in [1.54, 1.807) is 11.1 Å². The number of phenols is 1. The van der Waals surface area contributed by atoms with Crippen molar-refractivity contribution in [2.24, 2.45) is 0 Å². The van der Waals surface area contributed by atoms with E-state index in [9.17, 15) is 5.11 Å². The molecule has 3 N–H and O–H groups in total. The molecule has 0 saturated heterocycles. The smallest absolute Gasteiger partial charge is 0.144 e. The van der Waals surface area contributed by atoms with Crippen LogP contribution in [-0.2, 0) is 6.42 Å². The summed E-state index contributed by atoms with van der Waals surface area (Å²) >= 11 is 5.99. The summed E-state index contributed by atoms with van der Waals surface area (Å²) in [6.07, 6.45) is 2.40. The maximum atomic E-state index is 10.5. The molecule has 108 valence electrons. The summed E-state index contributed by atoms with van der Waals surface area (Å²) in [5.74, 6) is 0.248. The van der Waals surface area contributed by atoms with E-state index in [0.717, 1.165) is 22.5 Å². The number of fused-ring (bicyclic) bond motifs is 1. The highest BCUT2D eigenvalue weighted by Crippen LogP contribution is 2.41. The molecule has 0 fully saturated rings. The van der Waals surface area contributed by atoms with Crippen molar-refractivity contribution in [2.45, 2.75) is 13.3 Å². The largest absolute Gasteiger partial charge is 0.505 e. The lowest BCUT2D eigenvalue weighted by atomic mass is 10.1. The molecule has 0 aliphatic carbocycles. The third-order valence-electron chi connectivity index (χ3n) is 3.42. The molecule has 2 aromatic carbocycles. The summed E-state index contributed by atoms with van der Waals surface area (Å²) in [7, 11) is 0. The van der Waals surface area contributed by atoms with Crippen molar-refractivity contribution in [1.82, 2.24) is 5.53 Å². The maximum absolute atomic E-state index is 10.5. The zero-order chi connectivity index (χ0) is 15.0. The number of anilines is 3. The second-order valence-corrected chi connectivity index (χ2v) is 5.45. The lowest BCUT2D eigenvalue weighted by molar-refractivity contribution is 0.469. The summed E-state index contributed by atoms with van der Waals surface area (Å²) < 4.78 is 0. The van der Waals surface area contributed by atoms with Gasteiger partial charge < -0.3 is 10.5 Å². The molecule has 2 aromatic rings. The minimum Gasteiger partial charge on any atom is -0.505 e. The van der Waals surface area contributed by atoms with Gasteiger partial charge >= 0.3 is 0 Å². The highest BCUT2D eigenvalue weighted by atomic mass is 35.5. The molecule has 1 aliphatic heterocycles. The minimum absolute atomic E-state index is 0.248. The predicted molar refractivity (Wildman–Crippen MR) is 87.1 cm³/mol. The van der Waals surface area contributed by atoms with E-state index in [4.69, 9.17) is 11.6 Å². The number of aromatic hydroxyl groups is 1. The monoisotopic (exact) mass is 301 g/mol. The Morgan fingerprint density at radius 3 is 2.86 bits per heavy atom. The summed E-state index contributed by atoms with van der Waals surface area (Å²) in [6, 6.07) is 9.45. The van der Waals surface area contributed by atoms with Crippen LogP contribution in [0.1, 0.15) is 11.1 Å². The lowest BCUT2D eigenvalue weighted by Crippen LogP contribution is -2.31. The predicted octanol–water partition coefficient (Wildman–Crippen LogP) is 4.07. The first-order valence-corrected chi connectivity index (χ1v) is 7.02. The minimum atomic E-state index is 0.248. The normalized spacial score (nSPS) is 13.0. The molecule has 0 unspecified atom stereocenters. The first-order valence-electron chi connectivity index (χ1n) is 6.65. The number of benzene rings is 2. The fraction of sp³-hybridized carbons (Fsp3) is 0.125. The number of halogens is 1. The SMILES string of the molecule is C=CCc1cc(C)cc(N2NNc3cc(Cl)ccc32)c1O. The van der Waals surface area contributed by atoms with Crippen molar-refractivity contribution >= 4 is 28.7 Å². The second kappa shape index (κ2) is 5.31. The third kappa shape index (κ3) is 2.44. The van der Waals surface area contributed by atoms with Crippen molar-refractivity contribution in [3.63, 3.8) is 0 Å². The summed E-state index contributed by atoms with van der Waals surface area (Å²) in [5, 5.41) is 13.0. The van der Waals surface area contributed by atoms with Gasteiger partial charge in [-0.2, -0.15) is 0 Å². The molecule has 0 aromatic heterocycles. The number of hydrogen-bond acceptors (Lipinski definition) is 4. The first-order chi connectivity index (χ1) is 10.1. The highest BCUT2D eigenvalue weighted by Gasteiger charge is 2.23. The summed E-state index contributed by atoms with van der Waals surface area (Å²) in [5.41, 5.74) is 10.5. The Labute approximate surface area is 128 Å². The van der Waals surface area contributed by atoms with Crippen LogP contribution < -0.4 is 16.0 Å². The number of hydrogen-bond donors (Lipinski definition) is 3. The second-order valence-electron chi connectivity index (χ2n) is 5.02. The molecule has 5 heteroatoms. The first kappa shape index (κ1) is 13.8. The summed E-state index contributed by atoms with van der Waals surface area (Å²) in [6.45, 7) is 5.73. The average Bonchev–Trinajstić information content (AvgIpc) is 2.85. The topological polar surface area (TPSA) is 47.5 Å². The van der Waals surface area contributed by atoms with Crippen LogP contribution in [0.4, 0.5) is 17.1 Å². The molecular weight excluding hydrogens is 286 g/mol.